The van der Waals surface area contributed by atoms with Gasteiger partial charge < -0.3 is 16.0 Å². The summed E-state index contributed by atoms with van der Waals surface area (Å²) in [6, 6.07) is 2.34. The molecule has 0 radical (unpaired) electrons. The number of likely N-dealkylation sites (tertiary alicyclic amines) is 1. The Hall–Kier alpha value is -1.12. The van der Waals surface area contributed by atoms with Gasteiger partial charge in [0, 0.05) is 12.6 Å². The Morgan fingerprint density at radius 1 is 1.31 bits per heavy atom. The highest BCUT2D eigenvalue weighted by atomic mass is 16.2. The number of nitrogens with zero attached hydrogens (tertiary/aromatic N) is 2. The zero-order chi connectivity index (χ0) is 19.0. The fourth-order valence-corrected chi connectivity index (χ4v) is 4.81. The molecule has 0 spiro atoms. The van der Waals surface area contributed by atoms with Crippen molar-refractivity contribution in [1.29, 1.82) is 5.26 Å². The van der Waals surface area contributed by atoms with Gasteiger partial charge in [-0.25, -0.2) is 0 Å². The standard InChI is InChI=1S/C21H38N4O/c1-3-8-18-15-21(16-22,11-13-25(18)12-4-2)24-20(26)19(23)14-17-9-6-5-7-10-17/h17-19H,3-15,23H2,1-2H3,(H,24,26). The Kier molecular flexibility index (Phi) is 8.37. The van der Waals surface area contributed by atoms with Gasteiger partial charge in [-0.05, 0) is 44.6 Å². The van der Waals surface area contributed by atoms with Crippen molar-refractivity contribution >= 4 is 5.91 Å². The molecule has 1 saturated carbocycles. The molecule has 2 fully saturated rings. The maximum absolute atomic E-state index is 12.7. The minimum absolute atomic E-state index is 0.128. The quantitative estimate of drug-likeness (QED) is 0.694. The summed E-state index contributed by atoms with van der Waals surface area (Å²) in [7, 11) is 0. The first kappa shape index (κ1) is 21.2. The number of nitrogens with two attached hydrogens (primary N) is 1. The van der Waals surface area contributed by atoms with Crippen LogP contribution in [0.4, 0.5) is 0 Å². The van der Waals surface area contributed by atoms with E-state index in [9.17, 15) is 10.1 Å². The van der Waals surface area contributed by atoms with Gasteiger partial charge in [0.25, 0.3) is 0 Å². The Morgan fingerprint density at radius 3 is 2.65 bits per heavy atom. The number of carbonyl (C=O) groups is 1. The van der Waals surface area contributed by atoms with Crippen molar-refractivity contribution in [2.45, 2.75) is 102 Å². The Balaban J connectivity index is 1.95. The molecule has 3 atom stereocenters. The molecule has 3 unspecified atom stereocenters. The lowest BCUT2D eigenvalue weighted by molar-refractivity contribution is -0.124. The van der Waals surface area contributed by atoms with Crippen molar-refractivity contribution in [1.82, 2.24) is 10.2 Å². The van der Waals surface area contributed by atoms with Crippen LogP contribution in [0.15, 0.2) is 0 Å². The van der Waals surface area contributed by atoms with E-state index in [-0.39, 0.29) is 5.91 Å². The predicted octanol–water partition coefficient (Wildman–Crippen LogP) is 3.34. The van der Waals surface area contributed by atoms with Gasteiger partial charge in [-0.1, -0.05) is 52.4 Å². The number of rotatable bonds is 8. The van der Waals surface area contributed by atoms with Crippen LogP contribution in [0.2, 0.25) is 0 Å². The lowest BCUT2D eigenvalue weighted by atomic mass is 9.81. The van der Waals surface area contributed by atoms with Gasteiger partial charge in [0.2, 0.25) is 5.91 Å². The highest BCUT2D eigenvalue weighted by Crippen LogP contribution is 2.30. The fourth-order valence-electron chi connectivity index (χ4n) is 4.81. The SMILES string of the molecule is CCCC1CC(C#N)(NC(=O)C(N)CC2CCCCC2)CCN1CCC. The predicted molar refractivity (Wildman–Crippen MR) is 105 cm³/mol. The van der Waals surface area contributed by atoms with E-state index in [0.717, 1.165) is 45.2 Å². The first-order valence-corrected chi connectivity index (χ1v) is 10.8. The summed E-state index contributed by atoms with van der Waals surface area (Å²) in [6.07, 6.45) is 11.7. The molecule has 3 N–H and O–H groups in total. The molecular formula is C21H38N4O. The molecule has 5 nitrogen and oxygen atoms in total. The minimum atomic E-state index is -0.745. The monoisotopic (exact) mass is 362 g/mol. The molecule has 0 aromatic carbocycles. The second kappa shape index (κ2) is 10.3. The average Bonchev–Trinajstić information content (AvgIpc) is 2.65. The number of amides is 1. The van der Waals surface area contributed by atoms with Crippen molar-refractivity contribution in [3.8, 4) is 6.07 Å². The summed E-state index contributed by atoms with van der Waals surface area (Å²) in [6.45, 7) is 6.33. The molecule has 1 saturated heterocycles. The molecule has 0 aromatic rings. The first-order chi connectivity index (χ1) is 12.5. The van der Waals surface area contributed by atoms with E-state index in [1.54, 1.807) is 0 Å². The molecule has 2 aliphatic rings. The van der Waals surface area contributed by atoms with Gasteiger partial charge >= 0.3 is 0 Å². The van der Waals surface area contributed by atoms with Gasteiger partial charge in [-0.2, -0.15) is 5.26 Å². The van der Waals surface area contributed by atoms with E-state index >= 15 is 0 Å². The van der Waals surface area contributed by atoms with Crippen molar-refractivity contribution in [2.75, 3.05) is 13.1 Å². The molecule has 1 aliphatic carbocycles. The number of nitrogens with one attached hydrogen (secondary N) is 1. The summed E-state index contributed by atoms with van der Waals surface area (Å²) in [5.74, 6) is 0.443. The lowest BCUT2D eigenvalue weighted by Crippen LogP contribution is -2.60. The minimum Gasteiger partial charge on any atom is -0.336 e. The first-order valence-electron chi connectivity index (χ1n) is 10.8. The van der Waals surface area contributed by atoms with Crippen LogP contribution >= 0.6 is 0 Å². The van der Waals surface area contributed by atoms with Crippen LogP contribution < -0.4 is 11.1 Å². The van der Waals surface area contributed by atoms with Crippen molar-refractivity contribution in [3.63, 3.8) is 0 Å². The molecule has 0 bridgehead atoms. The van der Waals surface area contributed by atoms with E-state index in [4.69, 9.17) is 5.73 Å². The zero-order valence-corrected chi connectivity index (χ0v) is 16.8. The smallest absolute Gasteiger partial charge is 0.238 e. The molecule has 148 valence electrons. The highest BCUT2D eigenvalue weighted by molar-refractivity contribution is 5.82. The van der Waals surface area contributed by atoms with Crippen LogP contribution in [0.3, 0.4) is 0 Å². The van der Waals surface area contributed by atoms with E-state index in [1.165, 1.54) is 32.1 Å². The summed E-state index contributed by atoms with van der Waals surface area (Å²) in [4.78, 5) is 15.2. The number of hydrogen-bond acceptors (Lipinski definition) is 4. The van der Waals surface area contributed by atoms with Gasteiger partial charge in [-0.3, -0.25) is 4.79 Å². The number of carbonyl (C=O) groups excluding carboxylic acids is 1. The average molecular weight is 363 g/mol. The number of piperidine rings is 1. The highest BCUT2D eigenvalue weighted by Gasteiger charge is 2.41. The normalized spacial score (nSPS) is 29.1. The maximum atomic E-state index is 12.7. The van der Waals surface area contributed by atoms with Crippen molar-refractivity contribution < 1.29 is 4.79 Å². The van der Waals surface area contributed by atoms with E-state index in [2.05, 4.69) is 30.1 Å². The van der Waals surface area contributed by atoms with E-state index in [1.807, 2.05) is 0 Å². The summed E-state index contributed by atoms with van der Waals surface area (Å²) in [5.41, 5.74) is 5.47. The van der Waals surface area contributed by atoms with Crippen LogP contribution in [0, 0.1) is 17.2 Å². The zero-order valence-electron chi connectivity index (χ0n) is 16.8. The second-order valence-electron chi connectivity index (χ2n) is 8.46. The van der Waals surface area contributed by atoms with Crippen molar-refractivity contribution in [2.24, 2.45) is 11.7 Å². The van der Waals surface area contributed by atoms with Crippen LogP contribution in [-0.2, 0) is 4.79 Å². The number of hydrogen-bond donors (Lipinski definition) is 2. The van der Waals surface area contributed by atoms with E-state index < -0.39 is 11.6 Å². The third kappa shape index (κ3) is 5.69. The summed E-state index contributed by atoms with van der Waals surface area (Å²) < 4.78 is 0. The summed E-state index contributed by atoms with van der Waals surface area (Å²) in [5, 5.41) is 12.9. The fraction of sp³-hybridized carbons (Fsp3) is 0.905. The van der Waals surface area contributed by atoms with Crippen LogP contribution in [0.1, 0.15) is 84.5 Å². The Bertz CT molecular complexity index is 483. The molecule has 1 amide bonds. The Morgan fingerprint density at radius 2 is 2.04 bits per heavy atom. The summed E-state index contributed by atoms with van der Waals surface area (Å²) >= 11 is 0. The Labute approximate surface area is 159 Å². The molecule has 5 heteroatoms. The van der Waals surface area contributed by atoms with Crippen LogP contribution in [0.25, 0.3) is 0 Å². The molecule has 1 heterocycles. The van der Waals surface area contributed by atoms with Crippen LogP contribution in [0.5, 0.6) is 0 Å². The third-order valence-corrected chi connectivity index (χ3v) is 6.28. The van der Waals surface area contributed by atoms with Gasteiger partial charge in [0.05, 0.1) is 12.1 Å². The second-order valence-corrected chi connectivity index (χ2v) is 8.46. The lowest BCUT2D eigenvalue weighted by Gasteiger charge is -2.44. The molecule has 0 aromatic heterocycles. The maximum Gasteiger partial charge on any atom is 0.238 e. The van der Waals surface area contributed by atoms with Crippen LogP contribution in [-0.4, -0.2) is 41.5 Å². The molecule has 26 heavy (non-hydrogen) atoms. The molecule has 2 rings (SSSR count). The largest absolute Gasteiger partial charge is 0.336 e. The van der Waals surface area contributed by atoms with Gasteiger partial charge in [0.1, 0.15) is 5.54 Å². The molecular weight excluding hydrogens is 324 g/mol. The van der Waals surface area contributed by atoms with Gasteiger partial charge in [0.15, 0.2) is 0 Å². The number of nitriles is 1. The van der Waals surface area contributed by atoms with E-state index in [0.29, 0.717) is 18.4 Å². The van der Waals surface area contributed by atoms with Gasteiger partial charge in [-0.15, -0.1) is 0 Å². The topological polar surface area (TPSA) is 82.1 Å². The third-order valence-electron chi connectivity index (χ3n) is 6.28. The van der Waals surface area contributed by atoms with Crippen molar-refractivity contribution in [3.05, 3.63) is 0 Å². The molecule has 1 aliphatic heterocycles.